The van der Waals surface area contributed by atoms with Crippen molar-refractivity contribution in [1.82, 2.24) is 0 Å². The van der Waals surface area contributed by atoms with Crippen LogP contribution in [-0.2, 0) is 6.18 Å². The molecule has 0 unspecified atom stereocenters. The molecule has 0 aromatic heterocycles. The van der Waals surface area contributed by atoms with Gasteiger partial charge < -0.3 is 0 Å². The van der Waals surface area contributed by atoms with Crippen LogP contribution in [0, 0.1) is 17.0 Å². The van der Waals surface area contributed by atoms with Gasteiger partial charge in [0.05, 0.1) is 10.5 Å². The fourth-order valence-corrected chi connectivity index (χ4v) is 2.58. The Balaban J connectivity index is 2.77. The maximum Gasteiger partial charge on any atom is 0.416 e. The lowest BCUT2D eigenvalue weighted by Crippen LogP contribution is -2.09. The molecule has 0 bridgehead atoms. The van der Waals surface area contributed by atoms with Crippen molar-refractivity contribution in [2.75, 3.05) is 0 Å². The average Bonchev–Trinajstić information content (AvgIpc) is 2.37. The number of alkyl halides is 3. The van der Waals surface area contributed by atoms with E-state index >= 15 is 0 Å². The Kier molecular flexibility index (Phi) is 4.35. The summed E-state index contributed by atoms with van der Waals surface area (Å²) in [5.74, 6) is 0. The zero-order valence-electron chi connectivity index (χ0n) is 11.0. The van der Waals surface area contributed by atoms with Gasteiger partial charge in [-0.25, -0.2) is 0 Å². The predicted molar refractivity (Wildman–Crippen MR) is 78.3 cm³/mol. The van der Waals surface area contributed by atoms with Crippen LogP contribution in [0.15, 0.2) is 30.3 Å². The minimum Gasteiger partial charge on any atom is -0.258 e. The van der Waals surface area contributed by atoms with Crippen LogP contribution in [0.3, 0.4) is 0 Å². The van der Waals surface area contributed by atoms with E-state index in [0.717, 1.165) is 19.1 Å². The number of nitrogens with zero attached hydrogens (tertiary/aromatic N) is 1. The molecular formula is C14H8Cl2F3NO2. The van der Waals surface area contributed by atoms with Crippen LogP contribution in [-0.4, -0.2) is 4.92 Å². The first-order chi connectivity index (χ1) is 10.1. The van der Waals surface area contributed by atoms with Gasteiger partial charge in [0, 0.05) is 27.2 Å². The molecule has 22 heavy (non-hydrogen) atoms. The van der Waals surface area contributed by atoms with E-state index in [1.54, 1.807) is 0 Å². The van der Waals surface area contributed by atoms with Gasteiger partial charge in [0.1, 0.15) is 0 Å². The van der Waals surface area contributed by atoms with Crippen LogP contribution < -0.4 is 0 Å². The molecule has 0 aliphatic carbocycles. The van der Waals surface area contributed by atoms with Gasteiger partial charge in [0.25, 0.3) is 5.69 Å². The SMILES string of the molecule is Cc1c([N+](=O)[O-])cc(-c2ccc(Cl)cc2Cl)cc1C(F)(F)F. The van der Waals surface area contributed by atoms with Crippen molar-refractivity contribution >= 4 is 28.9 Å². The third-order valence-corrected chi connectivity index (χ3v) is 3.67. The minimum absolute atomic E-state index is 0.00583. The molecule has 8 heteroatoms. The minimum atomic E-state index is -4.70. The summed E-state index contributed by atoms with van der Waals surface area (Å²) in [5.41, 5.74) is -1.88. The Labute approximate surface area is 133 Å². The van der Waals surface area contributed by atoms with Crippen molar-refractivity contribution in [3.8, 4) is 11.1 Å². The van der Waals surface area contributed by atoms with Crippen molar-refractivity contribution in [2.24, 2.45) is 0 Å². The highest BCUT2D eigenvalue weighted by Gasteiger charge is 2.36. The summed E-state index contributed by atoms with van der Waals surface area (Å²) in [5, 5.41) is 11.4. The van der Waals surface area contributed by atoms with Gasteiger partial charge in [0.15, 0.2) is 0 Å². The molecule has 2 rings (SSSR count). The number of benzene rings is 2. The summed E-state index contributed by atoms with van der Waals surface area (Å²) in [4.78, 5) is 10.2. The third kappa shape index (κ3) is 3.18. The van der Waals surface area contributed by atoms with E-state index in [0.29, 0.717) is 5.02 Å². The highest BCUT2D eigenvalue weighted by atomic mass is 35.5. The molecule has 0 saturated heterocycles. The number of halogens is 5. The standard InChI is InChI=1S/C14H8Cl2F3NO2/c1-7-11(14(17,18)19)4-8(5-13(7)20(21)22)10-3-2-9(15)6-12(10)16/h2-6H,1H3. The lowest BCUT2D eigenvalue weighted by Gasteiger charge is -2.13. The number of hydrogen-bond donors (Lipinski definition) is 0. The highest BCUT2D eigenvalue weighted by molar-refractivity contribution is 6.36. The Morgan fingerprint density at radius 3 is 2.27 bits per heavy atom. The highest BCUT2D eigenvalue weighted by Crippen LogP contribution is 2.40. The van der Waals surface area contributed by atoms with Crippen molar-refractivity contribution in [3.05, 3.63) is 61.6 Å². The number of nitro groups is 1. The van der Waals surface area contributed by atoms with Crippen molar-refractivity contribution < 1.29 is 18.1 Å². The molecule has 0 spiro atoms. The van der Waals surface area contributed by atoms with Gasteiger partial charge in [0.2, 0.25) is 0 Å². The van der Waals surface area contributed by atoms with Crippen LogP contribution in [0.2, 0.25) is 10.0 Å². The number of rotatable bonds is 2. The van der Waals surface area contributed by atoms with Gasteiger partial charge in [-0.3, -0.25) is 10.1 Å². The van der Waals surface area contributed by atoms with Crippen LogP contribution in [0.25, 0.3) is 11.1 Å². The Morgan fingerprint density at radius 1 is 1.14 bits per heavy atom. The van der Waals surface area contributed by atoms with E-state index in [2.05, 4.69) is 0 Å². The molecule has 3 nitrogen and oxygen atoms in total. The molecule has 0 amide bonds. The topological polar surface area (TPSA) is 43.1 Å². The molecule has 0 aliphatic rings. The van der Waals surface area contributed by atoms with Crippen molar-refractivity contribution in [2.45, 2.75) is 13.1 Å². The molecule has 0 N–H and O–H groups in total. The first-order valence-electron chi connectivity index (χ1n) is 5.93. The van der Waals surface area contributed by atoms with E-state index in [9.17, 15) is 23.3 Å². The smallest absolute Gasteiger partial charge is 0.258 e. The van der Waals surface area contributed by atoms with Crippen LogP contribution >= 0.6 is 23.2 Å². The van der Waals surface area contributed by atoms with Crippen LogP contribution in [0.4, 0.5) is 18.9 Å². The largest absolute Gasteiger partial charge is 0.416 e. The van der Waals surface area contributed by atoms with Crippen LogP contribution in [0.5, 0.6) is 0 Å². The van der Waals surface area contributed by atoms with E-state index in [1.165, 1.54) is 18.2 Å². The average molecular weight is 350 g/mol. The molecule has 116 valence electrons. The molecule has 0 heterocycles. The fourth-order valence-electron chi connectivity index (χ4n) is 2.06. The van der Waals surface area contributed by atoms with E-state index in [-0.39, 0.29) is 16.1 Å². The first-order valence-corrected chi connectivity index (χ1v) is 6.68. The summed E-state index contributed by atoms with van der Waals surface area (Å²) in [6.45, 7) is 1.06. The maximum atomic E-state index is 13.1. The molecule has 0 radical (unpaired) electrons. The summed E-state index contributed by atoms with van der Waals surface area (Å²) in [6.07, 6.45) is -4.70. The molecule has 0 atom stereocenters. The van der Waals surface area contributed by atoms with Crippen molar-refractivity contribution in [3.63, 3.8) is 0 Å². The van der Waals surface area contributed by atoms with E-state index in [4.69, 9.17) is 23.2 Å². The molecular weight excluding hydrogens is 342 g/mol. The zero-order chi connectivity index (χ0) is 16.7. The van der Waals surface area contributed by atoms with Gasteiger partial charge in [-0.15, -0.1) is 0 Å². The molecule has 2 aromatic carbocycles. The second-order valence-corrected chi connectivity index (χ2v) is 5.39. The summed E-state index contributed by atoms with van der Waals surface area (Å²) >= 11 is 11.7. The maximum absolute atomic E-state index is 13.1. The van der Waals surface area contributed by atoms with Gasteiger partial charge in [-0.05, 0) is 30.7 Å². The first kappa shape index (κ1) is 16.6. The molecule has 0 saturated carbocycles. The lowest BCUT2D eigenvalue weighted by molar-refractivity contribution is -0.385. The lowest BCUT2D eigenvalue weighted by atomic mass is 9.97. The third-order valence-electron chi connectivity index (χ3n) is 3.12. The molecule has 0 aliphatic heterocycles. The van der Waals surface area contributed by atoms with E-state index in [1.807, 2.05) is 0 Å². The Morgan fingerprint density at radius 2 is 1.77 bits per heavy atom. The zero-order valence-corrected chi connectivity index (χ0v) is 12.6. The van der Waals surface area contributed by atoms with Gasteiger partial charge in [-0.1, -0.05) is 29.3 Å². The molecule has 0 fully saturated rings. The van der Waals surface area contributed by atoms with Crippen molar-refractivity contribution in [1.29, 1.82) is 0 Å². The predicted octanol–water partition coefficient (Wildman–Crippen LogP) is 5.90. The normalized spacial score (nSPS) is 11.5. The van der Waals surface area contributed by atoms with Gasteiger partial charge in [-0.2, -0.15) is 13.2 Å². The second kappa shape index (κ2) is 5.78. The van der Waals surface area contributed by atoms with Crippen LogP contribution in [0.1, 0.15) is 11.1 Å². The second-order valence-electron chi connectivity index (χ2n) is 4.55. The number of hydrogen-bond acceptors (Lipinski definition) is 2. The Hall–Kier alpha value is -1.79. The molecule has 2 aromatic rings. The summed E-state index contributed by atoms with van der Waals surface area (Å²) < 4.78 is 39.2. The monoisotopic (exact) mass is 349 g/mol. The fraction of sp³-hybridized carbons (Fsp3) is 0.143. The Bertz CT molecular complexity index is 760. The number of nitro benzene ring substituents is 1. The summed E-state index contributed by atoms with van der Waals surface area (Å²) in [6, 6.07) is 6.13. The summed E-state index contributed by atoms with van der Waals surface area (Å²) in [7, 11) is 0. The van der Waals surface area contributed by atoms with Gasteiger partial charge >= 0.3 is 6.18 Å². The van der Waals surface area contributed by atoms with E-state index < -0.39 is 27.9 Å². The quantitative estimate of drug-likeness (QED) is 0.500.